The zero-order valence-electron chi connectivity index (χ0n) is 8.25. The Morgan fingerprint density at radius 3 is 3.00 bits per heavy atom. The fourth-order valence-corrected chi connectivity index (χ4v) is 2.42. The van der Waals surface area contributed by atoms with E-state index >= 15 is 0 Å². The summed E-state index contributed by atoms with van der Waals surface area (Å²) in [6.45, 7) is 0.740. The molecule has 1 aromatic rings. The Kier molecular flexibility index (Phi) is 1.83. The van der Waals surface area contributed by atoms with Crippen molar-refractivity contribution in [1.82, 2.24) is 0 Å². The maximum Gasteiger partial charge on any atom is 0.130 e. The third kappa shape index (κ3) is 1.16. The smallest absolute Gasteiger partial charge is 0.130 e. The molecule has 1 aliphatic carbocycles. The third-order valence-corrected chi connectivity index (χ3v) is 3.13. The van der Waals surface area contributed by atoms with Crippen LogP contribution >= 0.6 is 0 Å². The van der Waals surface area contributed by atoms with Crippen molar-refractivity contribution >= 4 is 6.08 Å². The normalized spacial score (nSPS) is 18.3. The van der Waals surface area contributed by atoms with Crippen LogP contribution in [0.15, 0.2) is 18.2 Å². The number of fused-ring (bicyclic) bond motifs is 3. The van der Waals surface area contributed by atoms with Crippen LogP contribution in [0.2, 0.25) is 0 Å². The van der Waals surface area contributed by atoms with Crippen LogP contribution in [0, 0.1) is 0 Å². The van der Waals surface area contributed by atoms with Gasteiger partial charge >= 0.3 is 0 Å². The maximum atomic E-state index is 5.74. The Hall–Kier alpha value is -1.24. The molecule has 3 rings (SSSR count). The lowest BCUT2D eigenvalue weighted by atomic mass is 9.89. The van der Waals surface area contributed by atoms with Crippen molar-refractivity contribution in [3.8, 4) is 5.75 Å². The molecule has 0 radical (unpaired) electrons. The maximum absolute atomic E-state index is 5.74. The average molecular weight is 186 g/mol. The Bertz CT molecular complexity index is 390. The van der Waals surface area contributed by atoms with E-state index in [1.807, 2.05) is 0 Å². The fraction of sp³-hybridized carbons (Fsp3) is 0.385. The van der Waals surface area contributed by atoms with E-state index in [2.05, 4.69) is 24.3 Å². The molecule has 0 fully saturated rings. The molecular weight excluding hydrogens is 172 g/mol. The van der Waals surface area contributed by atoms with Crippen LogP contribution in [0.3, 0.4) is 0 Å². The molecule has 0 saturated carbocycles. The number of benzene rings is 1. The first-order valence-electron chi connectivity index (χ1n) is 5.39. The topological polar surface area (TPSA) is 9.23 Å². The Labute approximate surface area is 84.4 Å². The molecule has 1 heteroatoms. The van der Waals surface area contributed by atoms with Crippen molar-refractivity contribution in [3.63, 3.8) is 0 Å². The van der Waals surface area contributed by atoms with Crippen LogP contribution in [0.1, 0.15) is 29.5 Å². The van der Waals surface area contributed by atoms with E-state index in [1.165, 1.54) is 42.4 Å². The van der Waals surface area contributed by atoms with Crippen molar-refractivity contribution in [1.29, 1.82) is 0 Å². The first-order valence-corrected chi connectivity index (χ1v) is 5.39. The van der Waals surface area contributed by atoms with Crippen LogP contribution in [-0.2, 0) is 12.8 Å². The molecule has 1 nitrogen and oxygen atoms in total. The summed E-state index contributed by atoms with van der Waals surface area (Å²) in [5.74, 6) is 1.16. The summed E-state index contributed by atoms with van der Waals surface area (Å²) in [5.41, 5.74) is 4.24. The molecule has 1 aliphatic heterocycles. The molecular formula is C13H14O. The second-order valence-corrected chi connectivity index (χ2v) is 4.04. The van der Waals surface area contributed by atoms with Gasteiger partial charge in [-0.15, -0.1) is 0 Å². The average Bonchev–Trinajstić information content (AvgIpc) is 2.29. The van der Waals surface area contributed by atoms with Gasteiger partial charge in [-0.05, 0) is 42.9 Å². The summed E-state index contributed by atoms with van der Waals surface area (Å²) < 4.78 is 5.74. The lowest BCUT2D eigenvalue weighted by Crippen LogP contribution is -2.09. The molecule has 0 aromatic heterocycles. The van der Waals surface area contributed by atoms with Gasteiger partial charge in [-0.2, -0.15) is 0 Å². The summed E-state index contributed by atoms with van der Waals surface area (Å²) in [6.07, 6.45) is 9.34. The minimum absolute atomic E-state index is 0.740. The minimum Gasteiger partial charge on any atom is -0.489 e. The minimum atomic E-state index is 0.740. The summed E-state index contributed by atoms with van der Waals surface area (Å²) in [7, 11) is 0. The Morgan fingerprint density at radius 1 is 1.07 bits per heavy atom. The SMILES string of the molecule is C1=Cc2ccc3c(c2OC1)CCCC3. The van der Waals surface area contributed by atoms with Gasteiger partial charge in [-0.1, -0.05) is 18.2 Å². The molecule has 0 spiro atoms. The predicted octanol–water partition coefficient (Wildman–Crippen LogP) is 2.97. The number of hydrogen-bond acceptors (Lipinski definition) is 1. The molecule has 0 saturated heterocycles. The standard InChI is InChI=1S/C13H14O/c1-2-6-12-10(4-1)7-8-11-5-3-9-14-13(11)12/h3,5,7-8H,1-2,4,6,9H2. The number of aryl methyl sites for hydroxylation is 1. The predicted molar refractivity (Wildman–Crippen MR) is 57.6 cm³/mol. The Balaban J connectivity index is 2.17. The van der Waals surface area contributed by atoms with Crippen molar-refractivity contribution in [2.24, 2.45) is 0 Å². The number of rotatable bonds is 0. The van der Waals surface area contributed by atoms with E-state index in [0.717, 1.165) is 12.4 Å². The highest BCUT2D eigenvalue weighted by Gasteiger charge is 2.17. The van der Waals surface area contributed by atoms with Crippen LogP contribution in [0.4, 0.5) is 0 Å². The first-order chi connectivity index (χ1) is 6.95. The summed E-state index contributed by atoms with van der Waals surface area (Å²) in [6, 6.07) is 4.46. The van der Waals surface area contributed by atoms with Gasteiger partial charge in [0.1, 0.15) is 12.4 Å². The second kappa shape index (κ2) is 3.16. The van der Waals surface area contributed by atoms with Gasteiger partial charge in [0.2, 0.25) is 0 Å². The Morgan fingerprint density at radius 2 is 2.00 bits per heavy atom. The van der Waals surface area contributed by atoms with Crippen LogP contribution in [0.25, 0.3) is 6.08 Å². The zero-order valence-corrected chi connectivity index (χ0v) is 8.25. The van der Waals surface area contributed by atoms with Crippen molar-refractivity contribution < 1.29 is 4.74 Å². The van der Waals surface area contributed by atoms with E-state index < -0.39 is 0 Å². The fourth-order valence-electron chi connectivity index (χ4n) is 2.42. The van der Waals surface area contributed by atoms with Gasteiger partial charge in [0.15, 0.2) is 0 Å². The van der Waals surface area contributed by atoms with E-state index in [1.54, 1.807) is 0 Å². The van der Waals surface area contributed by atoms with Crippen LogP contribution < -0.4 is 4.74 Å². The molecule has 1 aromatic carbocycles. The second-order valence-electron chi connectivity index (χ2n) is 4.04. The molecule has 2 aliphatic rings. The summed E-state index contributed by atoms with van der Waals surface area (Å²) in [4.78, 5) is 0. The van der Waals surface area contributed by atoms with Gasteiger partial charge in [-0.3, -0.25) is 0 Å². The van der Waals surface area contributed by atoms with Gasteiger partial charge in [0, 0.05) is 5.56 Å². The lowest BCUT2D eigenvalue weighted by Gasteiger charge is -2.22. The van der Waals surface area contributed by atoms with Gasteiger partial charge in [-0.25, -0.2) is 0 Å². The third-order valence-electron chi connectivity index (χ3n) is 3.13. The van der Waals surface area contributed by atoms with Gasteiger partial charge in [0.05, 0.1) is 0 Å². The zero-order chi connectivity index (χ0) is 9.38. The lowest BCUT2D eigenvalue weighted by molar-refractivity contribution is 0.352. The van der Waals surface area contributed by atoms with Gasteiger partial charge < -0.3 is 4.74 Å². The van der Waals surface area contributed by atoms with Crippen molar-refractivity contribution in [3.05, 3.63) is 34.9 Å². The molecule has 0 unspecified atom stereocenters. The van der Waals surface area contributed by atoms with Crippen LogP contribution in [0.5, 0.6) is 5.75 Å². The quantitative estimate of drug-likeness (QED) is 0.605. The molecule has 72 valence electrons. The summed E-state index contributed by atoms with van der Waals surface area (Å²) >= 11 is 0. The van der Waals surface area contributed by atoms with Crippen molar-refractivity contribution in [2.45, 2.75) is 25.7 Å². The molecule has 0 atom stereocenters. The highest BCUT2D eigenvalue weighted by molar-refractivity contribution is 5.63. The molecule has 0 N–H and O–H groups in total. The van der Waals surface area contributed by atoms with Crippen molar-refractivity contribution in [2.75, 3.05) is 6.61 Å². The highest BCUT2D eigenvalue weighted by atomic mass is 16.5. The highest BCUT2D eigenvalue weighted by Crippen LogP contribution is 2.35. The molecule has 0 amide bonds. The molecule has 14 heavy (non-hydrogen) atoms. The van der Waals surface area contributed by atoms with E-state index in [4.69, 9.17) is 4.74 Å². The molecule has 0 bridgehead atoms. The van der Waals surface area contributed by atoms with Crippen LogP contribution in [-0.4, -0.2) is 6.61 Å². The monoisotopic (exact) mass is 186 g/mol. The number of hydrogen-bond donors (Lipinski definition) is 0. The largest absolute Gasteiger partial charge is 0.489 e. The number of ether oxygens (including phenoxy) is 1. The summed E-state index contributed by atoms with van der Waals surface area (Å²) in [5, 5.41) is 0. The van der Waals surface area contributed by atoms with E-state index in [9.17, 15) is 0 Å². The molecule has 1 heterocycles. The van der Waals surface area contributed by atoms with E-state index in [-0.39, 0.29) is 0 Å². The van der Waals surface area contributed by atoms with Gasteiger partial charge in [0.25, 0.3) is 0 Å². The first kappa shape index (κ1) is 8.10. The van der Waals surface area contributed by atoms with E-state index in [0.29, 0.717) is 0 Å².